The summed E-state index contributed by atoms with van der Waals surface area (Å²) in [5.74, 6) is -0.327. The van der Waals surface area contributed by atoms with Crippen molar-refractivity contribution in [1.29, 1.82) is 0 Å². The average Bonchev–Trinajstić information content (AvgIpc) is 2.69. The maximum Gasteiger partial charge on any atom is 0.340 e. The van der Waals surface area contributed by atoms with Crippen LogP contribution in [-0.2, 0) is 11.3 Å². The number of ether oxygens (including phenoxy) is 1. The third kappa shape index (κ3) is 2.30. The van der Waals surface area contributed by atoms with Crippen molar-refractivity contribution < 1.29 is 9.53 Å². The second-order valence-electron chi connectivity index (χ2n) is 4.09. The average molecular weight is 323 g/mol. The molecule has 4 nitrogen and oxygen atoms in total. The number of hydrogen-bond acceptors (Lipinski definition) is 3. The molecular formula is C14H15BrN2O2. The van der Waals surface area contributed by atoms with Gasteiger partial charge in [-0.3, -0.25) is 4.98 Å². The Morgan fingerprint density at radius 3 is 2.58 bits per heavy atom. The number of rotatable bonds is 3. The second-order valence-corrected chi connectivity index (χ2v) is 4.89. The van der Waals surface area contributed by atoms with Crippen LogP contribution in [0.4, 0.5) is 0 Å². The fraction of sp³-hybridized carbons (Fsp3) is 0.286. The first kappa shape index (κ1) is 13.8. The van der Waals surface area contributed by atoms with Crippen LogP contribution in [0.25, 0.3) is 11.3 Å². The van der Waals surface area contributed by atoms with Gasteiger partial charge in [0, 0.05) is 30.2 Å². The van der Waals surface area contributed by atoms with Crippen LogP contribution in [0.5, 0.6) is 0 Å². The molecule has 0 N–H and O–H groups in total. The van der Waals surface area contributed by atoms with Crippen molar-refractivity contribution in [2.24, 2.45) is 0 Å². The number of carbonyl (C=O) groups is 1. The summed E-state index contributed by atoms with van der Waals surface area (Å²) in [4.78, 5) is 15.9. The molecule has 0 amide bonds. The molecule has 2 heterocycles. The predicted octanol–water partition coefficient (Wildman–Crippen LogP) is 3.43. The highest BCUT2D eigenvalue weighted by Crippen LogP contribution is 2.36. The van der Waals surface area contributed by atoms with Crippen molar-refractivity contribution in [3.8, 4) is 11.3 Å². The van der Waals surface area contributed by atoms with E-state index in [0.29, 0.717) is 5.56 Å². The van der Waals surface area contributed by atoms with Crippen LogP contribution < -0.4 is 0 Å². The molecular weight excluding hydrogens is 308 g/mol. The Hall–Kier alpha value is -1.62. The molecule has 0 unspecified atom stereocenters. The lowest BCUT2D eigenvalue weighted by atomic mass is 10.2. The van der Waals surface area contributed by atoms with E-state index in [-0.39, 0.29) is 5.97 Å². The smallest absolute Gasteiger partial charge is 0.340 e. The molecule has 0 aromatic carbocycles. The van der Waals surface area contributed by atoms with Gasteiger partial charge in [-0.15, -0.1) is 0 Å². The van der Waals surface area contributed by atoms with E-state index in [1.54, 1.807) is 12.4 Å². The Morgan fingerprint density at radius 1 is 1.42 bits per heavy atom. The van der Waals surface area contributed by atoms with Gasteiger partial charge in [0.25, 0.3) is 0 Å². The van der Waals surface area contributed by atoms with Crippen LogP contribution in [0.1, 0.15) is 23.0 Å². The van der Waals surface area contributed by atoms with Crippen LogP contribution >= 0.6 is 15.9 Å². The summed E-state index contributed by atoms with van der Waals surface area (Å²) < 4.78 is 7.71. The van der Waals surface area contributed by atoms with Gasteiger partial charge >= 0.3 is 5.97 Å². The zero-order valence-electron chi connectivity index (χ0n) is 11.1. The highest BCUT2D eigenvalue weighted by atomic mass is 79.9. The molecule has 100 valence electrons. The SMILES string of the molecule is CCn1c(C)c(C(=O)OC)c(Br)c1-c1ccncc1. The lowest BCUT2D eigenvalue weighted by Crippen LogP contribution is -2.05. The Bertz CT molecular complexity index is 606. The Labute approximate surface area is 120 Å². The fourth-order valence-corrected chi connectivity index (χ4v) is 3.12. The predicted molar refractivity (Wildman–Crippen MR) is 77.1 cm³/mol. The number of aromatic nitrogens is 2. The van der Waals surface area contributed by atoms with Crippen molar-refractivity contribution in [1.82, 2.24) is 9.55 Å². The van der Waals surface area contributed by atoms with E-state index < -0.39 is 0 Å². The zero-order chi connectivity index (χ0) is 14.0. The van der Waals surface area contributed by atoms with Gasteiger partial charge in [-0.1, -0.05) is 0 Å². The van der Waals surface area contributed by atoms with Gasteiger partial charge < -0.3 is 9.30 Å². The molecule has 2 rings (SSSR count). The molecule has 0 radical (unpaired) electrons. The Morgan fingerprint density at radius 2 is 2.05 bits per heavy atom. The van der Waals surface area contributed by atoms with E-state index in [0.717, 1.165) is 28.0 Å². The monoisotopic (exact) mass is 322 g/mol. The highest BCUT2D eigenvalue weighted by molar-refractivity contribution is 9.10. The molecule has 2 aromatic heterocycles. The molecule has 5 heteroatoms. The van der Waals surface area contributed by atoms with Crippen molar-refractivity contribution in [3.05, 3.63) is 40.3 Å². The zero-order valence-corrected chi connectivity index (χ0v) is 12.7. The second kappa shape index (κ2) is 5.57. The van der Waals surface area contributed by atoms with E-state index in [2.05, 4.69) is 25.5 Å². The number of carbonyl (C=O) groups excluding carboxylic acids is 1. The van der Waals surface area contributed by atoms with Crippen LogP contribution in [0.15, 0.2) is 29.0 Å². The van der Waals surface area contributed by atoms with Crippen LogP contribution in [0.2, 0.25) is 0 Å². The van der Waals surface area contributed by atoms with Gasteiger partial charge in [-0.25, -0.2) is 4.79 Å². The number of methoxy groups -OCH3 is 1. The molecule has 0 aliphatic heterocycles. The van der Waals surface area contributed by atoms with Crippen molar-refractivity contribution in [2.75, 3.05) is 7.11 Å². The number of pyridine rings is 1. The molecule has 0 fully saturated rings. The summed E-state index contributed by atoms with van der Waals surface area (Å²) in [6.07, 6.45) is 3.48. The lowest BCUT2D eigenvalue weighted by molar-refractivity contribution is 0.0599. The van der Waals surface area contributed by atoms with Gasteiger partial charge in [0.15, 0.2) is 0 Å². The standard InChI is InChI=1S/C14H15BrN2O2/c1-4-17-9(2)11(14(18)19-3)12(15)13(17)10-5-7-16-8-6-10/h5-8H,4H2,1-3H3. The molecule has 0 spiro atoms. The molecule has 0 aliphatic carbocycles. The Balaban J connectivity index is 2.71. The van der Waals surface area contributed by atoms with Gasteiger partial charge in [0.1, 0.15) is 0 Å². The van der Waals surface area contributed by atoms with Gasteiger partial charge in [-0.2, -0.15) is 0 Å². The summed E-state index contributed by atoms with van der Waals surface area (Å²) in [6.45, 7) is 4.75. The van der Waals surface area contributed by atoms with E-state index in [1.165, 1.54) is 7.11 Å². The minimum Gasteiger partial charge on any atom is -0.465 e. The summed E-state index contributed by atoms with van der Waals surface area (Å²) in [6, 6.07) is 3.85. The van der Waals surface area contributed by atoms with E-state index >= 15 is 0 Å². The quantitative estimate of drug-likeness (QED) is 0.813. The van der Waals surface area contributed by atoms with Crippen LogP contribution in [0, 0.1) is 6.92 Å². The first-order chi connectivity index (χ1) is 9.11. The van der Waals surface area contributed by atoms with Crippen molar-refractivity contribution in [3.63, 3.8) is 0 Å². The largest absolute Gasteiger partial charge is 0.465 e. The maximum atomic E-state index is 11.9. The Kier molecular flexibility index (Phi) is 4.04. The third-order valence-corrected chi connectivity index (χ3v) is 3.90. The number of halogens is 1. The number of hydrogen-bond donors (Lipinski definition) is 0. The first-order valence-corrected chi connectivity index (χ1v) is 6.78. The fourth-order valence-electron chi connectivity index (χ4n) is 2.23. The lowest BCUT2D eigenvalue weighted by Gasteiger charge is -2.09. The molecule has 0 bridgehead atoms. The summed E-state index contributed by atoms with van der Waals surface area (Å²) >= 11 is 3.53. The number of esters is 1. The van der Waals surface area contributed by atoms with Gasteiger partial charge in [0.05, 0.1) is 22.8 Å². The minimum atomic E-state index is -0.327. The first-order valence-electron chi connectivity index (χ1n) is 5.99. The molecule has 0 atom stereocenters. The topological polar surface area (TPSA) is 44.1 Å². The van der Waals surface area contributed by atoms with Gasteiger partial charge in [0.2, 0.25) is 0 Å². The van der Waals surface area contributed by atoms with Crippen LogP contribution in [0.3, 0.4) is 0 Å². The van der Waals surface area contributed by atoms with E-state index in [1.807, 2.05) is 26.0 Å². The number of nitrogens with zero attached hydrogens (tertiary/aromatic N) is 2. The van der Waals surface area contributed by atoms with E-state index in [9.17, 15) is 4.79 Å². The van der Waals surface area contributed by atoms with Crippen molar-refractivity contribution in [2.45, 2.75) is 20.4 Å². The molecule has 19 heavy (non-hydrogen) atoms. The normalized spacial score (nSPS) is 10.5. The minimum absolute atomic E-state index is 0.327. The van der Waals surface area contributed by atoms with E-state index in [4.69, 9.17) is 4.74 Å². The summed E-state index contributed by atoms with van der Waals surface area (Å²) in [7, 11) is 1.39. The van der Waals surface area contributed by atoms with Crippen molar-refractivity contribution >= 4 is 21.9 Å². The molecule has 0 saturated heterocycles. The highest BCUT2D eigenvalue weighted by Gasteiger charge is 2.24. The van der Waals surface area contributed by atoms with Crippen LogP contribution in [-0.4, -0.2) is 22.6 Å². The third-order valence-electron chi connectivity index (χ3n) is 3.12. The molecule has 0 aliphatic rings. The summed E-state index contributed by atoms with van der Waals surface area (Å²) in [5.41, 5.74) is 3.47. The maximum absolute atomic E-state index is 11.9. The summed E-state index contributed by atoms with van der Waals surface area (Å²) in [5, 5.41) is 0. The van der Waals surface area contributed by atoms with Gasteiger partial charge in [-0.05, 0) is 41.9 Å². The molecule has 0 saturated carbocycles. The molecule has 2 aromatic rings.